The molecule has 0 saturated carbocycles. The van der Waals surface area contributed by atoms with Crippen LogP contribution in [0.15, 0.2) is 53.0 Å². The van der Waals surface area contributed by atoms with E-state index in [0.29, 0.717) is 41.4 Å². The molecule has 2 fully saturated rings. The number of aliphatic carboxylic acids is 2. The number of likely N-dealkylation sites (tertiary alicyclic amines) is 1. The van der Waals surface area contributed by atoms with Crippen LogP contribution >= 0.6 is 0 Å². The monoisotopic (exact) mass is 469 g/mol. The van der Waals surface area contributed by atoms with Gasteiger partial charge in [-0.1, -0.05) is 12.1 Å². The highest BCUT2D eigenvalue weighted by Gasteiger charge is 2.39. The maximum atomic E-state index is 12.8. The van der Waals surface area contributed by atoms with Crippen LogP contribution in [0.2, 0.25) is 0 Å². The Morgan fingerprint density at radius 1 is 1.00 bits per heavy atom. The van der Waals surface area contributed by atoms with Crippen molar-refractivity contribution in [3.8, 4) is 11.3 Å². The molecule has 3 N–H and O–H groups in total. The lowest BCUT2D eigenvalue weighted by Gasteiger charge is -2.38. The zero-order valence-corrected chi connectivity index (χ0v) is 18.9. The smallest absolute Gasteiger partial charge is 0.328 e. The van der Waals surface area contributed by atoms with E-state index in [1.807, 2.05) is 35.2 Å². The Kier molecular flexibility index (Phi) is 7.85. The van der Waals surface area contributed by atoms with E-state index >= 15 is 0 Å². The number of likely N-dealkylation sites (N-methyl/N-ethyl adjacent to an activating group) is 1. The fourth-order valence-electron chi connectivity index (χ4n) is 4.14. The van der Waals surface area contributed by atoms with Crippen LogP contribution in [0.25, 0.3) is 11.3 Å². The molecule has 10 nitrogen and oxygen atoms in total. The molecule has 1 aromatic heterocycles. The van der Waals surface area contributed by atoms with Gasteiger partial charge in [-0.2, -0.15) is 0 Å². The lowest BCUT2D eigenvalue weighted by atomic mass is 10.1. The first kappa shape index (κ1) is 24.7. The molecule has 3 heterocycles. The molecule has 180 valence electrons. The van der Waals surface area contributed by atoms with E-state index in [4.69, 9.17) is 14.6 Å². The van der Waals surface area contributed by atoms with Gasteiger partial charge in [0.25, 0.3) is 5.91 Å². The SMILES string of the molecule is CC(=O)Nc1cccc(-c2ccc(C(=O)N3CC4CCC(C3)N4C)o2)c1.O=C(O)/C=C/C(=O)O. The quantitative estimate of drug-likeness (QED) is 0.568. The Bertz CT molecular complexity index is 1080. The van der Waals surface area contributed by atoms with E-state index in [2.05, 4.69) is 17.3 Å². The van der Waals surface area contributed by atoms with Crippen molar-refractivity contribution >= 4 is 29.4 Å². The molecule has 10 heteroatoms. The van der Waals surface area contributed by atoms with Crippen LogP contribution in [0.3, 0.4) is 0 Å². The molecular formula is C24H27N3O7. The van der Waals surface area contributed by atoms with Crippen molar-refractivity contribution in [3.63, 3.8) is 0 Å². The molecule has 0 spiro atoms. The second-order valence-electron chi connectivity index (χ2n) is 8.20. The number of carboxylic acids is 2. The molecule has 2 aromatic rings. The van der Waals surface area contributed by atoms with Gasteiger partial charge in [-0.05, 0) is 44.2 Å². The number of hydrogen-bond donors (Lipinski definition) is 3. The Morgan fingerprint density at radius 3 is 2.18 bits per heavy atom. The van der Waals surface area contributed by atoms with Gasteiger partial charge in [-0.3, -0.25) is 14.5 Å². The molecule has 2 saturated heterocycles. The number of piperazine rings is 1. The van der Waals surface area contributed by atoms with Gasteiger partial charge in [-0.25, -0.2) is 9.59 Å². The third-order valence-corrected chi connectivity index (χ3v) is 5.79. The molecule has 2 aliphatic heterocycles. The van der Waals surface area contributed by atoms with E-state index in [1.54, 1.807) is 6.07 Å². The summed E-state index contributed by atoms with van der Waals surface area (Å²) in [6, 6.07) is 11.9. The summed E-state index contributed by atoms with van der Waals surface area (Å²) in [4.78, 5) is 47.5. The second-order valence-corrected chi connectivity index (χ2v) is 8.20. The molecule has 0 aliphatic carbocycles. The molecule has 1 aromatic carbocycles. The standard InChI is InChI=1S/C20H23N3O3.C4H4O4/c1-13(24)21-15-5-3-4-14(10-15)18-8-9-19(26-18)20(25)23-11-16-6-7-17(12-23)22(16)2;5-3(6)1-2-4(7)8/h3-5,8-10,16-17H,6-7,11-12H2,1-2H3,(H,21,24);1-2H,(H,5,6)(H,7,8)/b;2-1+. The summed E-state index contributed by atoms with van der Waals surface area (Å²) in [5.41, 5.74) is 1.53. The second kappa shape index (κ2) is 10.8. The predicted octanol–water partition coefficient (Wildman–Crippen LogP) is 2.54. The summed E-state index contributed by atoms with van der Waals surface area (Å²) in [6.45, 7) is 3.00. The van der Waals surface area contributed by atoms with Crippen LogP contribution in [0.4, 0.5) is 5.69 Å². The van der Waals surface area contributed by atoms with Crippen molar-refractivity contribution in [1.29, 1.82) is 0 Å². The largest absolute Gasteiger partial charge is 0.478 e. The third-order valence-electron chi connectivity index (χ3n) is 5.79. The predicted molar refractivity (Wildman–Crippen MR) is 123 cm³/mol. The van der Waals surface area contributed by atoms with E-state index in [1.165, 1.54) is 6.92 Å². The molecule has 2 atom stereocenters. The van der Waals surface area contributed by atoms with Crippen LogP contribution in [0, 0.1) is 0 Å². The highest BCUT2D eigenvalue weighted by atomic mass is 16.4. The number of carboxylic acid groups (broad SMARTS) is 2. The summed E-state index contributed by atoms with van der Waals surface area (Å²) in [6.07, 6.45) is 3.43. The van der Waals surface area contributed by atoms with Crippen LogP contribution in [-0.4, -0.2) is 76.0 Å². The van der Waals surface area contributed by atoms with Crippen molar-refractivity contribution in [1.82, 2.24) is 9.80 Å². The van der Waals surface area contributed by atoms with Gasteiger partial charge in [0.05, 0.1) is 0 Å². The number of nitrogens with zero attached hydrogens (tertiary/aromatic N) is 2. The number of benzene rings is 1. The minimum atomic E-state index is -1.26. The summed E-state index contributed by atoms with van der Waals surface area (Å²) in [5.74, 6) is -1.69. The molecule has 2 unspecified atom stereocenters. The number of rotatable bonds is 5. The van der Waals surface area contributed by atoms with Gasteiger partial charge < -0.3 is 24.8 Å². The highest BCUT2D eigenvalue weighted by Crippen LogP contribution is 2.30. The van der Waals surface area contributed by atoms with Crippen molar-refractivity contribution < 1.29 is 33.8 Å². The normalized spacial score (nSPS) is 19.4. The molecule has 0 radical (unpaired) electrons. The molecular weight excluding hydrogens is 442 g/mol. The minimum absolute atomic E-state index is 0.0423. The summed E-state index contributed by atoms with van der Waals surface area (Å²) in [5, 5.41) is 18.4. The maximum Gasteiger partial charge on any atom is 0.328 e. The average molecular weight is 469 g/mol. The van der Waals surface area contributed by atoms with Gasteiger partial charge in [0.15, 0.2) is 5.76 Å². The Balaban J connectivity index is 0.000000350. The number of nitrogens with one attached hydrogen (secondary N) is 1. The van der Waals surface area contributed by atoms with Crippen LogP contribution in [0.1, 0.15) is 30.3 Å². The zero-order valence-electron chi connectivity index (χ0n) is 18.9. The lowest BCUT2D eigenvalue weighted by Crippen LogP contribution is -2.53. The first-order valence-electron chi connectivity index (χ1n) is 10.8. The average Bonchev–Trinajstić information content (AvgIpc) is 3.33. The van der Waals surface area contributed by atoms with Gasteiger partial charge in [-0.15, -0.1) is 0 Å². The van der Waals surface area contributed by atoms with Gasteiger partial charge in [0.2, 0.25) is 5.91 Å². The van der Waals surface area contributed by atoms with Crippen molar-refractivity contribution in [2.24, 2.45) is 0 Å². The maximum absolute atomic E-state index is 12.8. The molecule has 2 bridgehead atoms. The number of carbonyl (C=O) groups excluding carboxylic acids is 2. The molecule has 2 amide bonds. The Hall–Kier alpha value is -3.92. The number of amides is 2. The Labute approximate surface area is 196 Å². The van der Waals surface area contributed by atoms with Crippen LogP contribution in [0.5, 0.6) is 0 Å². The van der Waals surface area contributed by atoms with Crippen LogP contribution < -0.4 is 5.32 Å². The first-order valence-corrected chi connectivity index (χ1v) is 10.8. The third kappa shape index (κ3) is 6.32. The number of hydrogen-bond acceptors (Lipinski definition) is 6. The summed E-state index contributed by atoms with van der Waals surface area (Å²) in [7, 11) is 2.15. The summed E-state index contributed by atoms with van der Waals surface area (Å²) < 4.78 is 5.84. The fraction of sp³-hybridized carbons (Fsp3) is 0.333. The van der Waals surface area contributed by atoms with E-state index in [9.17, 15) is 19.2 Å². The van der Waals surface area contributed by atoms with Crippen molar-refractivity contribution in [2.45, 2.75) is 31.8 Å². The Morgan fingerprint density at radius 2 is 1.62 bits per heavy atom. The zero-order chi connectivity index (χ0) is 24.8. The minimum Gasteiger partial charge on any atom is -0.478 e. The van der Waals surface area contributed by atoms with Gasteiger partial charge in [0.1, 0.15) is 5.76 Å². The fourth-order valence-corrected chi connectivity index (χ4v) is 4.14. The number of furan rings is 1. The lowest BCUT2D eigenvalue weighted by molar-refractivity contribution is -0.134. The number of anilines is 1. The van der Waals surface area contributed by atoms with Gasteiger partial charge >= 0.3 is 11.9 Å². The molecule has 34 heavy (non-hydrogen) atoms. The van der Waals surface area contributed by atoms with Crippen molar-refractivity contribution in [3.05, 3.63) is 54.3 Å². The van der Waals surface area contributed by atoms with E-state index in [-0.39, 0.29) is 11.8 Å². The number of fused-ring (bicyclic) bond motifs is 2. The topological polar surface area (TPSA) is 140 Å². The first-order chi connectivity index (χ1) is 16.1. The number of carbonyl (C=O) groups is 4. The van der Waals surface area contributed by atoms with Gasteiger partial charge in [0, 0.05) is 55.5 Å². The van der Waals surface area contributed by atoms with E-state index in [0.717, 1.165) is 31.5 Å². The van der Waals surface area contributed by atoms with E-state index < -0.39 is 11.9 Å². The van der Waals surface area contributed by atoms with Crippen molar-refractivity contribution in [2.75, 3.05) is 25.5 Å². The summed E-state index contributed by atoms with van der Waals surface area (Å²) >= 11 is 0. The highest BCUT2D eigenvalue weighted by molar-refractivity contribution is 5.93. The molecule has 4 rings (SSSR count). The van der Waals surface area contributed by atoms with Crippen LogP contribution in [-0.2, 0) is 14.4 Å². The molecule has 2 aliphatic rings.